The number of hydrogen-bond acceptors (Lipinski definition) is 2. The van der Waals surface area contributed by atoms with Crippen molar-refractivity contribution in [2.45, 2.75) is 40.0 Å². The molecule has 16 heavy (non-hydrogen) atoms. The molecular formula is C14H24O2. The van der Waals surface area contributed by atoms with Crippen LogP contribution in [0.5, 0.6) is 0 Å². The zero-order valence-corrected chi connectivity index (χ0v) is 10.8. The summed E-state index contributed by atoms with van der Waals surface area (Å²) in [6.07, 6.45) is 4.75. The number of carbonyl (C=O) groups excluding carboxylic acids is 1. The summed E-state index contributed by atoms with van der Waals surface area (Å²) >= 11 is 0. The monoisotopic (exact) mass is 224 g/mol. The Morgan fingerprint density at radius 1 is 1.19 bits per heavy atom. The average Bonchev–Trinajstić information content (AvgIpc) is 2.16. The maximum atomic E-state index is 10.8. The molecule has 2 nitrogen and oxygen atoms in total. The van der Waals surface area contributed by atoms with Gasteiger partial charge >= 0.3 is 5.97 Å². The van der Waals surface area contributed by atoms with Crippen LogP contribution in [0.1, 0.15) is 40.0 Å². The van der Waals surface area contributed by atoms with E-state index < -0.39 is 0 Å². The maximum absolute atomic E-state index is 10.8. The minimum Gasteiger partial charge on any atom is -0.462 e. The van der Waals surface area contributed by atoms with Crippen LogP contribution in [0.25, 0.3) is 0 Å². The van der Waals surface area contributed by atoms with E-state index in [9.17, 15) is 4.79 Å². The first-order chi connectivity index (χ1) is 7.41. The molecule has 92 valence electrons. The molecule has 0 aliphatic carbocycles. The van der Waals surface area contributed by atoms with Crippen molar-refractivity contribution in [2.75, 3.05) is 6.61 Å². The molecule has 0 aromatic rings. The van der Waals surface area contributed by atoms with E-state index in [1.165, 1.54) is 5.57 Å². The number of carbonyl (C=O) groups is 1. The van der Waals surface area contributed by atoms with Crippen molar-refractivity contribution in [2.24, 2.45) is 0 Å². The topological polar surface area (TPSA) is 26.3 Å². The van der Waals surface area contributed by atoms with Gasteiger partial charge in [-0.05, 0) is 40.0 Å². The first kappa shape index (κ1) is 17.1. The number of allylic oxidation sites excluding steroid dienone is 2. The minimum atomic E-state index is -0.298. The van der Waals surface area contributed by atoms with Crippen LogP contribution in [0.2, 0.25) is 0 Å². The Morgan fingerprint density at radius 3 is 2.06 bits per heavy atom. The van der Waals surface area contributed by atoms with Crippen molar-refractivity contribution < 1.29 is 9.53 Å². The van der Waals surface area contributed by atoms with E-state index in [0.29, 0.717) is 12.2 Å². The SMILES string of the molecule is C=C(C)C.C=CCCCCOC(=O)C(=C)C. The molecule has 0 N–H and O–H groups in total. The summed E-state index contributed by atoms with van der Waals surface area (Å²) in [5.74, 6) is -0.298. The Kier molecular flexibility index (Phi) is 12.6. The summed E-state index contributed by atoms with van der Waals surface area (Å²) in [6, 6.07) is 0. The Balaban J connectivity index is 0. The largest absolute Gasteiger partial charge is 0.462 e. The van der Waals surface area contributed by atoms with E-state index in [-0.39, 0.29) is 5.97 Å². The normalized spacial score (nSPS) is 8.44. The Hall–Kier alpha value is -1.31. The molecule has 0 fully saturated rings. The van der Waals surface area contributed by atoms with Gasteiger partial charge in [0.1, 0.15) is 0 Å². The van der Waals surface area contributed by atoms with Gasteiger partial charge in [-0.3, -0.25) is 0 Å². The molecule has 0 heterocycles. The van der Waals surface area contributed by atoms with E-state index in [1.807, 2.05) is 19.9 Å². The highest BCUT2D eigenvalue weighted by molar-refractivity contribution is 5.86. The fraction of sp³-hybridized carbons (Fsp3) is 0.500. The van der Waals surface area contributed by atoms with Gasteiger partial charge in [0.15, 0.2) is 0 Å². The van der Waals surface area contributed by atoms with Gasteiger partial charge in [0.25, 0.3) is 0 Å². The Morgan fingerprint density at radius 2 is 1.69 bits per heavy atom. The smallest absolute Gasteiger partial charge is 0.333 e. The van der Waals surface area contributed by atoms with Crippen LogP contribution < -0.4 is 0 Å². The summed E-state index contributed by atoms with van der Waals surface area (Å²) < 4.78 is 4.88. The molecule has 0 spiro atoms. The molecule has 0 aliphatic heterocycles. The van der Waals surface area contributed by atoms with Gasteiger partial charge < -0.3 is 4.74 Å². The molecule has 0 aliphatic rings. The van der Waals surface area contributed by atoms with Crippen LogP contribution >= 0.6 is 0 Å². The lowest BCUT2D eigenvalue weighted by molar-refractivity contribution is -0.139. The zero-order valence-electron chi connectivity index (χ0n) is 10.8. The predicted octanol–water partition coefficient (Wildman–Crippen LogP) is 4.04. The Labute approximate surface area is 99.7 Å². The summed E-state index contributed by atoms with van der Waals surface area (Å²) in [4.78, 5) is 10.8. The van der Waals surface area contributed by atoms with E-state index in [1.54, 1.807) is 6.92 Å². The highest BCUT2D eigenvalue weighted by Crippen LogP contribution is 1.98. The molecule has 0 radical (unpaired) electrons. The molecule has 0 rings (SSSR count). The highest BCUT2D eigenvalue weighted by atomic mass is 16.5. The zero-order chi connectivity index (χ0) is 13.0. The van der Waals surface area contributed by atoms with Crippen molar-refractivity contribution in [1.29, 1.82) is 0 Å². The molecule has 0 saturated carbocycles. The third-order valence-electron chi connectivity index (χ3n) is 1.38. The van der Waals surface area contributed by atoms with Crippen molar-refractivity contribution in [1.82, 2.24) is 0 Å². The van der Waals surface area contributed by atoms with Crippen LogP contribution in [0.3, 0.4) is 0 Å². The van der Waals surface area contributed by atoms with Crippen LogP contribution in [0.15, 0.2) is 37.0 Å². The quantitative estimate of drug-likeness (QED) is 0.294. The van der Waals surface area contributed by atoms with Crippen LogP contribution in [0, 0.1) is 0 Å². The standard InChI is InChI=1S/C10H16O2.C4H8/c1-4-5-6-7-8-12-10(11)9(2)3;1-4(2)3/h4H,1-2,5-8H2,3H3;1H2,2-3H3. The van der Waals surface area contributed by atoms with Crippen LogP contribution in [-0.2, 0) is 9.53 Å². The molecule has 0 bridgehead atoms. The number of rotatable bonds is 6. The average molecular weight is 224 g/mol. The maximum Gasteiger partial charge on any atom is 0.333 e. The molecule has 0 atom stereocenters. The minimum absolute atomic E-state index is 0.298. The third-order valence-corrected chi connectivity index (χ3v) is 1.38. The second-order valence-corrected chi connectivity index (χ2v) is 3.91. The lowest BCUT2D eigenvalue weighted by Crippen LogP contribution is -2.05. The second kappa shape index (κ2) is 11.8. The predicted molar refractivity (Wildman–Crippen MR) is 70.3 cm³/mol. The van der Waals surface area contributed by atoms with Crippen molar-refractivity contribution in [3.05, 3.63) is 37.0 Å². The lowest BCUT2D eigenvalue weighted by Gasteiger charge is -2.02. The van der Waals surface area contributed by atoms with Gasteiger partial charge in [-0.25, -0.2) is 4.79 Å². The van der Waals surface area contributed by atoms with Crippen LogP contribution in [-0.4, -0.2) is 12.6 Å². The fourth-order valence-electron chi connectivity index (χ4n) is 0.679. The van der Waals surface area contributed by atoms with Gasteiger partial charge in [-0.15, -0.1) is 13.2 Å². The van der Waals surface area contributed by atoms with E-state index in [0.717, 1.165) is 19.3 Å². The van der Waals surface area contributed by atoms with Gasteiger partial charge in [0.05, 0.1) is 6.61 Å². The summed E-state index contributed by atoms with van der Waals surface area (Å²) in [6.45, 7) is 16.7. The third kappa shape index (κ3) is 18.5. The van der Waals surface area contributed by atoms with E-state index in [2.05, 4.69) is 19.7 Å². The Bertz CT molecular complexity index is 235. The molecule has 0 amide bonds. The van der Waals surface area contributed by atoms with E-state index in [4.69, 9.17) is 4.74 Å². The second-order valence-electron chi connectivity index (χ2n) is 3.91. The first-order valence-corrected chi connectivity index (χ1v) is 5.47. The van der Waals surface area contributed by atoms with Crippen molar-refractivity contribution in [3.63, 3.8) is 0 Å². The van der Waals surface area contributed by atoms with Crippen molar-refractivity contribution >= 4 is 5.97 Å². The van der Waals surface area contributed by atoms with Gasteiger partial charge in [0.2, 0.25) is 0 Å². The number of unbranched alkanes of at least 4 members (excludes halogenated alkanes) is 2. The number of esters is 1. The molecule has 0 aromatic carbocycles. The number of hydrogen-bond donors (Lipinski definition) is 0. The van der Waals surface area contributed by atoms with Crippen LogP contribution in [0.4, 0.5) is 0 Å². The molecule has 0 aromatic heterocycles. The molecular weight excluding hydrogens is 200 g/mol. The first-order valence-electron chi connectivity index (χ1n) is 5.47. The highest BCUT2D eigenvalue weighted by Gasteiger charge is 2.00. The lowest BCUT2D eigenvalue weighted by atomic mass is 10.2. The van der Waals surface area contributed by atoms with Crippen molar-refractivity contribution in [3.8, 4) is 0 Å². The molecule has 0 saturated heterocycles. The molecule has 0 unspecified atom stereocenters. The summed E-state index contributed by atoms with van der Waals surface area (Å²) in [5.41, 5.74) is 1.62. The van der Waals surface area contributed by atoms with Gasteiger partial charge in [-0.2, -0.15) is 0 Å². The van der Waals surface area contributed by atoms with E-state index >= 15 is 0 Å². The summed E-state index contributed by atoms with van der Waals surface area (Å²) in [7, 11) is 0. The molecule has 2 heteroatoms. The van der Waals surface area contributed by atoms with Gasteiger partial charge in [-0.1, -0.05) is 18.2 Å². The van der Waals surface area contributed by atoms with Gasteiger partial charge in [0, 0.05) is 5.57 Å². The fourth-order valence-corrected chi connectivity index (χ4v) is 0.679. The number of ether oxygens (including phenoxy) is 1. The summed E-state index contributed by atoms with van der Waals surface area (Å²) in [5, 5.41) is 0.